The standard InChI is InChI=1S/C18H23N5O4/c1-13-20-21-22-23(13)15(11-14-5-3-2-4-6-14)16(24)19-12-18(17(25)26)7-9-27-10-8-18/h2-6,15H,7-12H2,1H3,(H,19,24)(H,25,26). The second kappa shape index (κ2) is 8.26. The van der Waals surface area contributed by atoms with Crippen LogP contribution in [0.1, 0.15) is 30.3 Å². The highest BCUT2D eigenvalue weighted by atomic mass is 16.5. The van der Waals surface area contributed by atoms with Crippen LogP contribution in [0.25, 0.3) is 0 Å². The molecule has 2 aromatic rings. The predicted molar refractivity (Wildman–Crippen MR) is 94.9 cm³/mol. The molecule has 1 amide bonds. The van der Waals surface area contributed by atoms with Crippen LogP contribution in [0, 0.1) is 12.3 Å². The molecule has 1 atom stereocenters. The Labute approximate surface area is 156 Å². The third-order valence-electron chi connectivity index (χ3n) is 5.03. The van der Waals surface area contributed by atoms with Crippen LogP contribution in [-0.2, 0) is 20.7 Å². The van der Waals surface area contributed by atoms with Crippen molar-refractivity contribution in [2.75, 3.05) is 19.8 Å². The molecule has 1 aliphatic heterocycles. The summed E-state index contributed by atoms with van der Waals surface area (Å²) in [6, 6.07) is 8.90. The monoisotopic (exact) mass is 373 g/mol. The SMILES string of the molecule is Cc1nnnn1C(Cc1ccccc1)C(=O)NCC1(C(=O)O)CCOCC1. The highest BCUT2D eigenvalue weighted by molar-refractivity contribution is 5.82. The van der Waals surface area contributed by atoms with E-state index in [1.54, 1.807) is 6.92 Å². The molecule has 9 nitrogen and oxygen atoms in total. The number of aryl methyl sites for hydroxylation is 1. The first-order valence-electron chi connectivity index (χ1n) is 8.89. The molecule has 144 valence electrons. The van der Waals surface area contributed by atoms with Gasteiger partial charge in [0.15, 0.2) is 0 Å². The fraction of sp³-hybridized carbons (Fsp3) is 0.500. The van der Waals surface area contributed by atoms with E-state index in [4.69, 9.17) is 4.74 Å². The summed E-state index contributed by atoms with van der Waals surface area (Å²) >= 11 is 0. The van der Waals surface area contributed by atoms with E-state index in [2.05, 4.69) is 20.8 Å². The van der Waals surface area contributed by atoms with E-state index in [0.29, 0.717) is 38.3 Å². The van der Waals surface area contributed by atoms with Gasteiger partial charge in [0.1, 0.15) is 11.9 Å². The first-order valence-corrected chi connectivity index (χ1v) is 8.89. The quantitative estimate of drug-likeness (QED) is 0.735. The van der Waals surface area contributed by atoms with Crippen molar-refractivity contribution in [2.24, 2.45) is 5.41 Å². The number of carbonyl (C=O) groups is 2. The van der Waals surface area contributed by atoms with Crippen LogP contribution in [0.5, 0.6) is 0 Å². The molecule has 27 heavy (non-hydrogen) atoms. The molecule has 9 heteroatoms. The number of aliphatic carboxylic acids is 1. The van der Waals surface area contributed by atoms with Crippen LogP contribution in [0.15, 0.2) is 30.3 Å². The van der Waals surface area contributed by atoms with Crippen molar-refractivity contribution in [3.05, 3.63) is 41.7 Å². The Morgan fingerprint density at radius 3 is 2.59 bits per heavy atom. The lowest BCUT2D eigenvalue weighted by Crippen LogP contribution is -2.48. The van der Waals surface area contributed by atoms with E-state index >= 15 is 0 Å². The lowest BCUT2D eigenvalue weighted by Gasteiger charge is -2.33. The topological polar surface area (TPSA) is 119 Å². The number of hydrogen-bond acceptors (Lipinski definition) is 6. The smallest absolute Gasteiger partial charge is 0.311 e. The third kappa shape index (κ3) is 4.30. The fourth-order valence-corrected chi connectivity index (χ4v) is 3.26. The molecule has 2 N–H and O–H groups in total. The minimum atomic E-state index is -0.999. The van der Waals surface area contributed by atoms with Crippen molar-refractivity contribution in [3.8, 4) is 0 Å². The minimum absolute atomic E-state index is 0.0526. The molecule has 1 aliphatic rings. The van der Waals surface area contributed by atoms with Crippen molar-refractivity contribution in [2.45, 2.75) is 32.2 Å². The highest BCUT2D eigenvalue weighted by Crippen LogP contribution is 2.30. The van der Waals surface area contributed by atoms with E-state index in [0.717, 1.165) is 5.56 Å². The average molecular weight is 373 g/mol. The molecule has 1 saturated heterocycles. The van der Waals surface area contributed by atoms with E-state index in [1.807, 2.05) is 30.3 Å². The molecule has 0 aliphatic carbocycles. The zero-order valence-electron chi connectivity index (χ0n) is 15.2. The number of rotatable bonds is 7. The van der Waals surface area contributed by atoms with E-state index in [1.165, 1.54) is 4.68 Å². The number of nitrogens with zero attached hydrogens (tertiary/aromatic N) is 4. The van der Waals surface area contributed by atoms with Gasteiger partial charge < -0.3 is 15.2 Å². The number of amides is 1. The molecule has 1 aromatic heterocycles. The molecule has 0 radical (unpaired) electrons. The van der Waals surface area contributed by atoms with Gasteiger partial charge in [-0.25, -0.2) is 4.68 Å². The largest absolute Gasteiger partial charge is 0.481 e. The van der Waals surface area contributed by atoms with E-state index < -0.39 is 17.4 Å². The average Bonchev–Trinajstić information content (AvgIpc) is 3.11. The summed E-state index contributed by atoms with van der Waals surface area (Å²) in [7, 11) is 0. The van der Waals surface area contributed by atoms with Gasteiger partial charge in [-0.2, -0.15) is 0 Å². The minimum Gasteiger partial charge on any atom is -0.481 e. The molecular formula is C18H23N5O4. The summed E-state index contributed by atoms with van der Waals surface area (Å²) in [6.07, 6.45) is 1.15. The summed E-state index contributed by atoms with van der Waals surface area (Å²) in [5.74, 6) is -0.698. The maximum atomic E-state index is 13.0. The van der Waals surface area contributed by atoms with Crippen LogP contribution >= 0.6 is 0 Å². The summed E-state index contributed by atoms with van der Waals surface area (Å²) in [5.41, 5.74) is -0.0347. The predicted octanol–water partition coefficient (Wildman–Crippen LogP) is 0.763. The van der Waals surface area contributed by atoms with Gasteiger partial charge >= 0.3 is 5.97 Å². The molecule has 0 bridgehead atoms. The van der Waals surface area contributed by atoms with Gasteiger partial charge in [0.2, 0.25) is 5.91 Å². The first kappa shape index (κ1) is 19.0. The molecular weight excluding hydrogens is 350 g/mol. The lowest BCUT2D eigenvalue weighted by atomic mass is 9.80. The maximum Gasteiger partial charge on any atom is 0.311 e. The maximum absolute atomic E-state index is 13.0. The number of ether oxygens (including phenoxy) is 1. The second-order valence-electron chi connectivity index (χ2n) is 6.79. The number of hydrogen-bond donors (Lipinski definition) is 2. The lowest BCUT2D eigenvalue weighted by molar-refractivity contribution is -0.154. The highest BCUT2D eigenvalue weighted by Gasteiger charge is 2.41. The number of tetrazole rings is 1. The number of benzene rings is 1. The number of carboxylic acids is 1. The van der Waals surface area contributed by atoms with Crippen LogP contribution in [0.3, 0.4) is 0 Å². The van der Waals surface area contributed by atoms with Crippen LogP contribution < -0.4 is 5.32 Å². The Balaban J connectivity index is 1.76. The van der Waals surface area contributed by atoms with E-state index in [-0.39, 0.29) is 12.5 Å². The van der Waals surface area contributed by atoms with Gasteiger partial charge in [-0.1, -0.05) is 30.3 Å². The molecule has 0 spiro atoms. The fourth-order valence-electron chi connectivity index (χ4n) is 3.26. The second-order valence-corrected chi connectivity index (χ2v) is 6.79. The summed E-state index contributed by atoms with van der Waals surface area (Å²) < 4.78 is 6.75. The van der Waals surface area contributed by atoms with E-state index in [9.17, 15) is 14.7 Å². The Bertz CT molecular complexity index is 786. The normalized spacial score (nSPS) is 17.2. The zero-order chi connectivity index (χ0) is 19.3. The van der Waals surface area contributed by atoms with Crippen LogP contribution in [0.4, 0.5) is 0 Å². The van der Waals surface area contributed by atoms with Crippen molar-refractivity contribution in [1.29, 1.82) is 0 Å². The Morgan fingerprint density at radius 2 is 2.00 bits per heavy atom. The number of aromatic nitrogens is 4. The number of nitrogens with one attached hydrogen (secondary N) is 1. The zero-order valence-corrected chi connectivity index (χ0v) is 15.2. The van der Waals surface area contributed by atoms with Crippen molar-refractivity contribution >= 4 is 11.9 Å². The molecule has 1 fully saturated rings. The summed E-state index contributed by atoms with van der Waals surface area (Å²) in [5, 5.41) is 23.9. The summed E-state index contributed by atoms with van der Waals surface area (Å²) in [6.45, 7) is 2.53. The number of carboxylic acid groups (broad SMARTS) is 1. The molecule has 1 aromatic carbocycles. The van der Waals surface area contributed by atoms with Crippen molar-refractivity contribution in [3.63, 3.8) is 0 Å². The van der Waals surface area contributed by atoms with Gasteiger partial charge in [0, 0.05) is 26.2 Å². The van der Waals surface area contributed by atoms with Crippen molar-refractivity contribution in [1.82, 2.24) is 25.5 Å². The van der Waals surface area contributed by atoms with Gasteiger partial charge in [-0.3, -0.25) is 9.59 Å². The molecule has 1 unspecified atom stereocenters. The van der Waals surface area contributed by atoms with Gasteiger partial charge in [-0.05, 0) is 35.8 Å². The Morgan fingerprint density at radius 1 is 1.30 bits per heavy atom. The van der Waals surface area contributed by atoms with Gasteiger partial charge in [0.05, 0.1) is 5.41 Å². The first-order chi connectivity index (χ1) is 13.0. The molecule has 3 rings (SSSR count). The summed E-state index contributed by atoms with van der Waals surface area (Å²) in [4.78, 5) is 24.7. The van der Waals surface area contributed by atoms with Gasteiger partial charge in [-0.15, -0.1) is 5.10 Å². The Kier molecular flexibility index (Phi) is 5.80. The van der Waals surface area contributed by atoms with Crippen LogP contribution in [-0.4, -0.2) is 56.9 Å². The van der Waals surface area contributed by atoms with Crippen molar-refractivity contribution < 1.29 is 19.4 Å². The molecule has 0 saturated carbocycles. The molecule has 2 heterocycles. The Hall–Kier alpha value is -2.81. The number of carbonyl (C=O) groups excluding carboxylic acids is 1. The van der Waals surface area contributed by atoms with Crippen LogP contribution in [0.2, 0.25) is 0 Å². The van der Waals surface area contributed by atoms with Gasteiger partial charge in [0.25, 0.3) is 0 Å². The third-order valence-corrected chi connectivity index (χ3v) is 5.03.